The van der Waals surface area contributed by atoms with Crippen LogP contribution in [0.15, 0.2) is 0 Å². The Balaban J connectivity index is 3.08. The zero-order valence-electron chi connectivity index (χ0n) is 8.55. The standard InChI is InChI=1S/C10H22OS/c1-9(2)8-11-6-4-10(3)5-7-12/h9-10,12H,4-8H2,1-3H3. The summed E-state index contributed by atoms with van der Waals surface area (Å²) in [6.45, 7) is 8.42. The molecule has 1 nitrogen and oxygen atoms in total. The van der Waals surface area contributed by atoms with Crippen LogP contribution in [0.5, 0.6) is 0 Å². The predicted molar refractivity (Wildman–Crippen MR) is 57.9 cm³/mol. The molecule has 2 heteroatoms. The molecule has 74 valence electrons. The van der Waals surface area contributed by atoms with Crippen molar-refractivity contribution < 1.29 is 4.74 Å². The molecular formula is C10H22OS. The minimum Gasteiger partial charge on any atom is -0.381 e. The summed E-state index contributed by atoms with van der Waals surface area (Å²) in [7, 11) is 0. The Morgan fingerprint density at radius 1 is 1.17 bits per heavy atom. The largest absolute Gasteiger partial charge is 0.381 e. The molecule has 0 spiro atoms. The number of hydrogen-bond acceptors (Lipinski definition) is 2. The van der Waals surface area contributed by atoms with E-state index in [2.05, 4.69) is 33.4 Å². The van der Waals surface area contributed by atoms with E-state index < -0.39 is 0 Å². The fourth-order valence-corrected chi connectivity index (χ4v) is 1.41. The van der Waals surface area contributed by atoms with E-state index >= 15 is 0 Å². The van der Waals surface area contributed by atoms with Crippen LogP contribution in [0.3, 0.4) is 0 Å². The van der Waals surface area contributed by atoms with Gasteiger partial charge in [0.25, 0.3) is 0 Å². The van der Waals surface area contributed by atoms with Gasteiger partial charge in [-0.2, -0.15) is 12.6 Å². The van der Waals surface area contributed by atoms with Crippen molar-refractivity contribution in [2.24, 2.45) is 11.8 Å². The van der Waals surface area contributed by atoms with E-state index in [9.17, 15) is 0 Å². The molecule has 0 aliphatic heterocycles. The third-order valence-electron chi connectivity index (χ3n) is 1.83. The molecule has 0 aromatic carbocycles. The fraction of sp³-hybridized carbons (Fsp3) is 1.00. The van der Waals surface area contributed by atoms with Crippen molar-refractivity contribution in [2.45, 2.75) is 33.6 Å². The first-order chi connectivity index (χ1) is 5.66. The molecule has 0 saturated carbocycles. The Morgan fingerprint density at radius 3 is 2.33 bits per heavy atom. The topological polar surface area (TPSA) is 9.23 Å². The Hall–Kier alpha value is 0.310. The lowest BCUT2D eigenvalue weighted by molar-refractivity contribution is 0.0991. The van der Waals surface area contributed by atoms with E-state index in [1.165, 1.54) is 12.8 Å². The zero-order chi connectivity index (χ0) is 9.40. The molecule has 0 aliphatic carbocycles. The maximum Gasteiger partial charge on any atom is 0.0488 e. The van der Waals surface area contributed by atoms with E-state index in [4.69, 9.17) is 4.74 Å². The van der Waals surface area contributed by atoms with E-state index in [0.29, 0.717) is 5.92 Å². The zero-order valence-corrected chi connectivity index (χ0v) is 9.44. The third kappa shape index (κ3) is 8.41. The summed E-state index contributed by atoms with van der Waals surface area (Å²) in [6, 6.07) is 0. The third-order valence-corrected chi connectivity index (χ3v) is 2.09. The quantitative estimate of drug-likeness (QED) is 0.479. The molecule has 1 unspecified atom stereocenters. The lowest BCUT2D eigenvalue weighted by Gasteiger charge is -2.10. The fourth-order valence-electron chi connectivity index (χ4n) is 0.968. The Labute approximate surface area is 82.3 Å². The Kier molecular flexibility index (Phi) is 8.14. The van der Waals surface area contributed by atoms with Gasteiger partial charge < -0.3 is 4.74 Å². The van der Waals surface area contributed by atoms with E-state index in [-0.39, 0.29) is 0 Å². The number of ether oxygens (including phenoxy) is 1. The van der Waals surface area contributed by atoms with Crippen molar-refractivity contribution >= 4 is 12.6 Å². The van der Waals surface area contributed by atoms with Gasteiger partial charge in [-0.25, -0.2) is 0 Å². The van der Waals surface area contributed by atoms with Gasteiger partial charge in [0.15, 0.2) is 0 Å². The van der Waals surface area contributed by atoms with Crippen LogP contribution in [0.1, 0.15) is 33.6 Å². The van der Waals surface area contributed by atoms with Crippen molar-refractivity contribution in [1.29, 1.82) is 0 Å². The highest BCUT2D eigenvalue weighted by Crippen LogP contribution is 2.08. The van der Waals surface area contributed by atoms with Gasteiger partial charge in [0.05, 0.1) is 0 Å². The molecule has 0 radical (unpaired) electrons. The highest BCUT2D eigenvalue weighted by atomic mass is 32.1. The van der Waals surface area contributed by atoms with Crippen molar-refractivity contribution in [3.05, 3.63) is 0 Å². The minimum atomic E-state index is 0.658. The van der Waals surface area contributed by atoms with Crippen molar-refractivity contribution in [2.75, 3.05) is 19.0 Å². The second-order valence-electron chi connectivity index (χ2n) is 3.87. The minimum absolute atomic E-state index is 0.658. The second kappa shape index (κ2) is 7.93. The van der Waals surface area contributed by atoms with Gasteiger partial charge in [-0.05, 0) is 30.4 Å². The monoisotopic (exact) mass is 190 g/mol. The number of hydrogen-bond donors (Lipinski definition) is 1. The van der Waals surface area contributed by atoms with Crippen molar-refractivity contribution in [1.82, 2.24) is 0 Å². The van der Waals surface area contributed by atoms with Crippen LogP contribution in [0.2, 0.25) is 0 Å². The Bertz CT molecular complexity index is 93.8. The average Bonchev–Trinajstić information content (AvgIpc) is 1.98. The number of thiol groups is 1. The van der Waals surface area contributed by atoms with E-state index in [1.807, 2.05) is 0 Å². The van der Waals surface area contributed by atoms with Crippen LogP contribution in [0.4, 0.5) is 0 Å². The molecule has 0 aliphatic rings. The molecule has 0 aromatic rings. The first kappa shape index (κ1) is 12.3. The highest BCUT2D eigenvalue weighted by molar-refractivity contribution is 7.80. The molecule has 0 N–H and O–H groups in total. The highest BCUT2D eigenvalue weighted by Gasteiger charge is 2.00. The first-order valence-corrected chi connectivity index (χ1v) is 5.48. The lowest BCUT2D eigenvalue weighted by atomic mass is 10.1. The maximum atomic E-state index is 5.49. The summed E-state index contributed by atoms with van der Waals surface area (Å²) in [4.78, 5) is 0. The molecule has 12 heavy (non-hydrogen) atoms. The van der Waals surface area contributed by atoms with Gasteiger partial charge in [0.2, 0.25) is 0 Å². The summed E-state index contributed by atoms with van der Waals surface area (Å²) in [6.07, 6.45) is 2.38. The maximum absolute atomic E-state index is 5.49. The lowest BCUT2D eigenvalue weighted by Crippen LogP contribution is -2.06. The van der Waals surface area contributed by atoms with E-state index in [0.717, 1.165) is 24.9 Å². The van der Waals surface area contributed by atoms with Crippen LogP contribution in [-0.4, -0.2) is 19.0 Å². The predicted octanol–water partition coefficient (Wildman–Crippen LogP) is 3.01. The molecule has 0 amide bonds. The number of rotatable bonds is 7. The smallest absolute Gasteiger partial charge is 0.0488 e. The molecule has 0 saturated heterocycles. The summed E-state index contributed by atoms with van der Waals surface area (Å²) in [5.74, 6) is 2.41. The molecular weight excluding hydrogens is 168 g/mol. The van der Waals surface area contributed by atoms with Crippen LogP contribution in [0, 0.1) is 11.8 Å². The summed E-state index contributed by atoms with van der Waals surface area (Å²) >= 11 is 4.20. The van der Waals surface area contributed by atoms with E-state index in [1.54, 1.807) is 0 Å². The average molecular weight is 190 g/mol. The van der Waals surface area contributed by atoms with Gasteiger partial charge in [0, 0.05) is 13.2 Å². The van der Waals surface area contributed by atoms with Gasteiger partial charge >= 0.3 is 0 Å². The summed E-state index contributed by atoms with van der Waals surface area (Å²) < 4.78 is 5.49. The van der Waals surface area contributed by atoms with Gasteiger partial charge in [-0.15, -0.1) is 0 Å². The molecule has 0 bridgehead atoms. The van der Waals surface area contributed by atoms with Gasteiger partial charge in [-0.1, -0.05) is 20.8 Å². The van der Waals surface area contributed by atoms with Gasteiger partial charge in [0.1, 0.15) is 0 Å². The van der Waals surface area contributed by atoms with Crippen molar-refractivity contribution in [3.63, 3.8) is 0 Å². The normalized spacial score (nSPS) is 13.8. The molecule has 0 aromatic heterocycles. The van der Waals surface area contributed by atoms with Gasteiger partial charge in [-0.3, -0.25) is 0 Å². The van der Waals surface area contributed by atoms with Crippen LogP contribution < -0.4 is 0 Å². The summed E-state index contributed by atoms with van der Waals surface area (Å²) in [5.41, 5.74) is 0. The van der Waals surface area contributed by atoms with Crippen molar-refractivity contribution in [3.8, 4) is 0 Å². The molecule has 0 heterocycles. The Morgan fingerprint density at radius 2 is 1.83 bits per heavy atom. The van der Waals surface area contributed by atoms with Crippen LogP contribution in [-0.2, 0) is 4.74 Å². The molecule has 0 fully saturated rings. The summed E-state index contributed by atoms with van der Waals surface area (Å²) in [5, 5.41) is 0. The second-order valence-corrected chi connectivity index (χ2v) is 4.32. The van der Waals surface area contributed by atoms with Crippen LogP contribution in [0.25, 0.3) is 0 Å². The molecule has 0 rings (SSSR count). The first-order valence-electron chi connectivity index (χ1n) is 4.85. The molecule has 1 atom stereocenters. The van der Waals surface area contributed by atoms with Crippen LogP contribution >= 0.6 is 12.6 Å². The SMILES string of the molecule is CC(C)COCCC(C)CCS.